The summed E-state index contributed by atoms with van der Waals surface area (Å²) in [5, 5.41) is 0. The van der Waals surface area contributed by atoms with Crippen LogP contribution in [0.4, 0.5) is 8.78 Å². The first-order valence-electron chi connectivity index (χ1n) is 5.12. The van der Waals surface area contributed by atoms with E-state index in [1.54, 1.807) is 12.4 Å². The molecule has 0 aliphatic rings. The number of aromatic nitrogens is 1. The standard InChI is InChI=1S/C12H17F2N/c1-12(2,3)10-6-9(7-15-8-10)4-5-11(13)14/h6-8,11H,4-5H2,1-3H3. The van der Waals surface area contributed by atoms with E-state index in [9.17, 15) is 8.78 Å². The van der Waals surface area contributed by atoms with Crippen LogP contribution < -0.4 is 0 Å². The van der Waals surface area contributed by atoms with Crippen LogP contribution in [0.5, 0.6) is 0 Å². The Hall–Kier alpha value is -0.990. The number of hydrogen-bond donors (Lipinski definition) is 0. The van der Waals surface area contributed by atoms with Crippen molar-refractivity contribution < 1.29 is 8.78 Å². The van der Waals surface area contributed by atoms with Gasteiger partial charge in [-0.1, -0.05) is 26.8 Å². The van der Waals surface area contributed by atoms with Gasteiger partial charge in [0.1, 0.15) is 0 Å². The van der Waals surface area contributed by atoms with E-state index in [-0.39, 0.29) is 11.8 Å². The summed E-state index contributed by atoms with van der Waals surface area (Å²) in [5.41, 5.74) is 2.00. The SMILES string of the molecule is CC(C)(C)c1cncc(CCC(F)F)c1. The summed E-state index contributed by atoms with van der Waals surface area (Å²) in [6.07, 6.45) is 1.54. The quantitative estimate of drug-likeness (QED) is 0.747. The molecule has 1 aromatic rings. The van der Waals surface area contributed by atoms with Crippen LogP contribution in [0.2, 0.25) is 0 Å². The number of rotatable bonds is 3. The number of alkyl halides is 2. The predicted octanol–water partition coefficient (Wildman–Crippen LogP) is 3.58. The smallest absolute Gasteiger partial charge is 0.239 e. The number of pyridine rings is 1. The van der Waals surface area contributed by atoms with Crippen LogP contribution in [0.3, 0.4) is 0 Å². The van der Waals surface area contributed by atoms with Crippen LogP contribution in [-0.4, -0.2) is 11.4 Å². The van der Waals surface area contributed by atoms with E-state index in [1.807, 2.05) is 6.07 Å². The molecule has 1 rings (SSSR count). The van der Waals surface area contributed by atoms with E-state index in [4.69, 9.17) is 0 Å². The molecule has 0 saturated heterocycles. The number of nitrogens with zero attached hydrogens (tertiary/aromatic N) is 1. The van der Waals surface area contributed by atoms with Crippen molar-refractivity contribution >= 4 is 0 Å². The van der Waals surface area contributed by atoms with Crippen molar-refractivity contribution in [1.29, 1.82) is 0 Å². The molecule has 0 aliphatic carbocycles. The molecule has 84 valence electrons. The fourth-order valence-electron chi connectivity index (χ4n) is 1.31. The topological polar surface area (TPSA) is 12.9 Å². The van der Waals surface area contributed by atoms with Crippen LogP contribution in [0.25, 0.3) is 0 Å². The summed E-state index contributed by atoms with van der Waals surface area (Å²) in [5.74, 6) is 0. The third-order valence-corrected chi connectivity index (χ3v) is 2.31. The van der Waals surface area contributed by atoms with E-state index in [0.717, 1.165) is 11.1 Å². The molecular formula is C12H17F2N. The third-order valence-electron chi connectivity index (χ3n) is 2.31. The van der Waals surface area contributed by atoms with Crippen LogP contribution in [0, 0.1) is 0 Å². The van der Waals surface area contributed by atoms with E-state index in [2.05, 4.69) is 25.8 Å². The molecule has 0 amide bonds. The van der Waals surface area contributed by atoms with Gasteiger partial charge in [-0.2, -0.15) is 0 Å². The third kappa shape index (κ3) is 3.94. The zero-order valence-electron chi connectivity index (χ0n) is 9.43. The summed E-state index contributed by atoms with van der Waals surface area (Å²) >= 11 is 0. The Morgan fingerprint density at radius 3 is 2.47 bits per heavy atom. The van der Waals surface area contributed by atoms with Crippen molar-refractivity contribution in [3.05, 3.63) is 29.6 Å². The lowest BCUT2D eigenvalue weighted by atomic mass is 9.87. The van der Waals surface area contributed by atoms with Crippen molar-refractivity contribution in [2.45, 2.75) is 45.5 Å². The predicted molar refractivity (Wildman–Crippen MR) is 57.3 cm³/mol. The van der Waals surface area contributed by atoms with E-state index < -0.39 is 6.43 Å². The second-order valence-electron chi connectivity index (χ2n) is 4.76. The zero-order chi connectivity index (χ0) is 11.5. The minimum absolute atomic E-state index is 0.0217. The van der Waals surface area contributed by atoms with Crippen LogP contribution in [0.1, 0.15) is 38.3 Å². The maximum Gasteiger partial charge on any atom is 0.239 e. The molecule has 0 saturated carbocycles. The van der Waals surface area contributed by atoms with Crippen LogP contribution in [0.15, 0.2) is 18.5 Å². The Morgan fingerprint density at radius 1 is 1.27 bits per heavy atom. The maximum absolute atomic E-state index is 12.0. The molecule has 0 unspecified atom stereocenters. The van der Waals surface area contributed by atoms with E-state index >= 15 is 0 Å². The lowest BCUT2D eigenvalue weighted by Crippen LogP contribution is -2.12. The van der Waals surface area contributed by atoms with Gasteiger partial charge < -0.3 is 0 Å². The molecular weight excluding hydrogens is 196 g/mol. The van der Waals surface area contributed by atoms with Gasteiger partial charge in [0.25, 0.3) is 0 Å². The van der Waals surface area contributed by atoms with Gasteiger partial charge >= 0.3 is 0 Å². The minimum atomic E-state index is -2.23. The van der Waals surface area contributed by atoms with Gasteiger partial charge in [0.2, 0.25) is 6.43 Å². The molecule has 0 spiro atoms. The maximum atomic E-state index is 12.0. The molecule has 15 heavy (non-hydrogen) atoms. The normalized spacial score (nSPS) is 12.1. The summed E-state index contributed by atoms with van der Waals surface area (Å²) < 4.78 is 24.1. The summed E-state index contributed by atoms with van der Waals surface area (Å²) in [6, 6.07) is 1.97. The highest BCUT2D eigenvalue weighted by atomic mass is 19.3. The average molecular weight is 213 g/mol. The Morgan fingerprint density at radius 2 is 1.93 bits per heavy atom. The minimum Gasteiger partial charge on any atom is -0.264 e. The molecule has 0 atom stereocenters. The fraction of sp³-hybridized carbons (Fsp3) is 0.583. The number of hydrogen-bond acceptors (Lipinski definition) is 1. The van der Waals surface area contributed by atoms with Gasteiger partial charge in [-0.3, -0.25) is 4.98 Å². The van der Waals surface area contributed by atoms with Crippen LogP contribution in [-0.2, 0) is 11.8 Å². The first kappa shape index (κ1) is 12.1. The van der Waals surface area contributed by atoms with Crippen LogP contribution >= 0.6 is 0 Å². The molecule has 0 aliphatic heterocycles. The Labute approximate surface area is 89.5 Å². The molecule has 1 heterocycles. The Bertz CT molecular complexity index is 316. The van der Waals surface area contributed by atoms with Gasteiger partial charge in [0.05, 0.1) is 0 Å². The zero-order valence-corrected chi connectivity index (χ0v) is 9.43. The summed E-state index contributed by atoms with van der Waals surface area (Å²) in [4.78, 5) is 4.08. The molecule has 0 aromatic carbocycles. The molecule has 1 nitrogen and oxygen atoms in total. The number of aryl methyl sites for hydroxylation is 1. The lowest BCUT2D eigenvalue weighted by molar-refractivity contribution is 0.138. The highest BCUT2D eigenvalue weighted by Gasteiger charge is 2.14. The van der Waals surface area contributed by atoms with E-state index in [1.165, 1.54) is 0 Å². The molecule has 0 bridgehead atoms. The van der Waals surface area contributed by atoms with Gasteiger partial charge in [0.15, 0.2) is 0 Å². The van der Waals surface area contributed by atoms with Gasteiger partial charge in [-0.15, -0.1) is 0 Å². The highest BCUT2D eigenvalue weighted by molar-refractivity contribution is 5.24. The summed E-state index contributed by atoms with van der Waals surface area (Å²) in [6.45, 7) is 6.25. The second kappa shape index (κ2) is 4.69. The van der Waals surface area contributed by atoms with Crippen molar-refractivity contribution in [3.63, 3.8) is 0 Å². The average Bonchev–Trinajstić information content (AvgIpc) is 2.14. The molecule has 0 N–H and O–H groups in total. The Balaban J connectivity index is 2.75. The number of halogens is 2. The molecule has 1 aromatic heterocycles. The largest absolute Gasteiger partial charge is 0.264 e. The van der Waals surface area contributed by atoms with Gasteiger partial charge in [0, 0.05) is 18.8 Å². The monoisotopic (exact) mass is 213 g/mol. The van der Waals surface area contributed by atoms with Crippen molar-refractivity contribution in [2.75, 3.05) is 0 Å². The van der Waals surface area contributed by atoms with Crippen molar-refractivity contribution in [3.8, 4) is 0 Å². The lowest BCUT2D eigenvalue weighted by Gasteiger charge is -2.19. The Kier molecular flexibility index (Phi) is 3.77. The first-order chi connectivity index (χ1) is 6.89. The fourth-order valence-corrected chi connectivity index (χ4v) is 1.31. The first-order valence-corrected chi connectivity index (χ1v) is 5.12. The highest BCUT2D eigenvalue weighted by Crippen LogP contribution is 2.22. The van der Waals surface area contributed by atoms with Gasteiger partial charge in [-0.05, 0) is 23.0 Å². The second-order valence-corrected chi connectivity index (χ2v) is 4.76. The van der Waals surface area contributed by atoms with Crippen molar-refractivity contribution in [1.82, 2.24) is 4.98 Å². The van der Waals surface area contributed by atoms with Gasteiger partial charge in [-0.25, -0.2) is 8.78 Å². The van der Waals surface area contributed by atoms with E-state index in [0.29, 0.717) is 6.42 Å². The molecule has 3 heteroatoms. The molecule has 0 fully saturated rings. The van der Waals surface area contributed by atoms with Crippen molar-refractivity contribution in [2.24, 2.45) is 0 Å². The summed E-state index contributed by atoms with van der Waals surface area (Å²) in [7, 11) is 0. The molecule has 0 radical (unpaired) electrons.